The number of carbonyl (C=O) groups excluding carboxylic acids is 3. The van der Waals surface area contributed by atoms with Gasteiger partial charge in [-0.3, -0.25) is 14.5 Å². The predicted molar refractivity (Wildman–Crippen MR) is 146 cm³/mol. The minimum absolute atomic E-state index is 0.0712. The van der Waals surface area contributed by atoms with Gasteiger partial charge in [0, 0.05) is 29.1 Å². The molecule has 0 saturated carbocycles. The molecule has 3 amide bonds. The summed E-state index contributed by atoms with van der Waals surface area (Å²) in [6.07, 6.45) is 2.69. The van der Waals surface area contributed by atoms with Crippen molar-refractivity contribution in [3.8, 4) is 11.3 Å². The van der Waals surface area contributed by atoms with Crippen molar-refractivity contribution in [3.05, 3.63) is 71.1 Å². The lowest BCUT2D eigenvalue weighted by molar-refractivity contribution is -0.120. The molecule has 10 heteroatoms. The van der Waals surface area contributed by atoms with Crippen LogP contribution in [0.3, 0.4) is 0 Å². The van der Waals surface area contributed by atoms with Crippen LogP contribution in [0.5, 0.6) is 0 Å². The number of piperidine rings is 1. The van der Waals surface area contributed by atoms with Gasteiger partial charge in [-0.25, -0.2) is 9.78 Å². The molecule has 9 nitrogen and oxygen atoms in total. The Morgan fingerprint density at radius 2 is 1.79 bits per heavy atom. The summed E-state index contributed by atoms with van der Waals surface area (Å²) in [5.74, 6) is -0.344. The van der Waals surface area contributed by atoms with E-state index in [2.05, 4.69) is 20.9 Å². The van der Waals surface area contributed by atoms with Crippen LogP contribution >= 0.6 is 11.3 Å². The van der Waals surface area contributed by atoms with Crippen molar-refractivity contribution < 1.29 is 19.1 Å². The number of hydrogen-bond donors (Lipinski definition) is 3. The van der Waals surface area contributed by atoms with Crippen LogP contribution in [-0.4, -0.2) is 59.5 Å². The van der Waals surface area contributed by atoms with Crippen molar-refractivity contribution in [3.63, 3.8) is 0 Å². The zero-order valence-corrected chi connectivity index (χ0v) is 21.8. The highest BCUT2D eigenvalue weighted by Crippen LogP contribution is 2.27. The van der Waals surface area contributed by atoms with Gasteiger partial charge in [0.05, 0.1) is 5.69 Å². The minimum atomic E-state index is -0.594. The first kappa shape index (κ1) is 25.9. The lowest BCUT2D eigenvalue weighted by atomic mass is 10.1. The molecule has 1 unspecified atom stereocenters. The van der Waals surface area contributed by atoms with Crippen molar-refractivity contribution in [2.24, 2.45) is 0 Å². The number of rotatable bonds is 7. The van der Waals surface area contributed by atoms with Crippen LogP contribution < -0.4 is 16.0 Å². The van der Waals surface area contributed by atoms with Gasteiger partial charge in [0.2, 0.25) is 5.91 Å². The predicted octanol–water partition coefficient (Wildman–Crippen LogP) is 4.03. The molecule has 2 aliphatic rings. The zero-order valence-electron chi connectivity index (χ0n) is 21.0. The van der Waals surface area contributed by atoms with Crippen LogP contribution in [0.2, 0.25) is 0 Å². The second-order valence-corrected chi connectivity index (χ2v) is 10.4. The molecule has 2 fully saturated rings. The molecule has 2 aliphatic heterocycles. The Bertz CT molecular complexity index is 1260. The molecule has 0 bridgehead atoms. The van der Waals surface area contributed by atoms with Gasteiger partial charge >= 0.3 is 6.09 Å². The van der Waals surface area contributed by atoms with Crippen molar-refractivity contribution >= 4 is 34.4 Å². The maximum Gasteiger partial charge on any atom is 0.410 e. The SMILES string of the molecule is O=C(NC1CCNCC1)c1ccc(-c2csc(NC(=O)C3CCCN3C(=O)OCc3ccccc3)n2)cc1. The maximum absolute atomic E-state index is 13.0. The molecule has 38 heavy (non-hydrogen) atoms. The molecule has 198 valence electrons. The normalized spacial score (nSPS) is 17.7. The summed E-state index contributed by atoms with van der Waals surface area (Å²) < 4.78 is 5.44. The second kappa shape index (κ2) is 12.2. The largest absolute Gasteiger partial charge is 0.445 e. The highest BCUT2D eigenvalue weighted by Gasteiger charge is 2.35. The van der Waals surface area contributed by atoms with Gasteiger partial charge in [0.15, 0.2) is 5.13 Å². The molecule has 1 aromatic heterocycles. The number of hydrogen-bond acceptors (Lipinski definition) is 7. The van der Waals surface area contributed by atoms with Crippen LogP contribution in [0.15, 0.2) is 60.0 Å². The summed E-state index contributed by atoms with van der Waals surface area (Å²) in [5, 5.41) is 11.6. The Labute approximate surface area is 225 Å². The fourth-order valence-corrected chi connectivity index (χ4v) is 5.46. The summed E-state index contributed by atoms with van der Waals surface area (Å²) in [6.45, 7) is 2.48. The number of benzene rings is 2. The molecular formula is C28H31N5O4S. The second-order valence-electron chi connectivity index (χ2n) is 9.49. The van der Waals surface area contributed by atoms with Gasteiger partial charge in [0.1, 0.15) is 12.6 Å². The molecule has 2 saturated heterocycles. The van der Waals surface area contributed by atoms with Gasteiger partial charge < -0.3 is 20.7 Å². The first-order valence-corrected chi connectivity index (χ1v) is 13.8. The third kappa shape index (κ3) is 6.38. The molecule has 0 radical (unpaired) electrons. The number of carbonyl (C=O) groups is 3. The number of likely N-dealkylation sites (tertiary alicyclic amines) is 1. The highest BCUT2D eigenvalue weighted by atomic mass is 32.1. The van der Waals surface area contributed by atoms with Crippen LogP contribution in [0, 0.1) is 0 Å². The lowest BCUT2D eigenvalue weighted by Crippen LogP contribution is -2.43. The molecule has 3 heterocycles. The van der Waals surface area contributed by atoms with E-state index in [1.165, 1.54) is 16.2 Å². The summed E-state index contributed by atoms with van der Waals surface area (Å²) >= 11 is 1.32. The van der Waals surface area contributed by atoms with Crippen molar-refractivity contribution in [2.75, 3.05) is 25.0 Å². The number of nitrogens with zero attached hydrogens (tertiary/aromatic N) is 2. The smallest absolute Gasteiger partial charge is 0.410 e. The monoisotopic (exact) mass is 533 g/mol. The van der Waals surface area contributed by atoms with Crippen LogP contribution in [0.4, 0.5) is 9.93 Å². The van der Waals surface area contributed by atoms with E-state index in [1.807, 2.05) is 47.8 Å². The van der Waals surface area contributed by atoms with Crippen LogP contribution in [0.25, 0.3) is 11.3 Å². The van der Waals surface area contributed by atoms with E-state index in [1.54, 1.807) is 12.1 Å². The van der Waals surface area contributed by atoms with E-state index < -0.39 is 12.1 Å². The Morgan fingerprint density at radius 3 is 2.55 bits per heavy atom. The summed E-state index contributed by atoms with van der Waals surface area (Å²) in [5.41, 5.74) is 3.07. The summed E-state index contributed by atoms with van der Waals surface area (Å²) in [6, 6.07) is 16.4. The molecular weight excluding hydrogens is 502 g/mol. The van der Waals surface area contributed by atoms with Gasteiger partial charge in [0.25, 0.3) is 5.91 Å². The number of anilines is 1. The Balaban J connectivity index is 1.15. The fraction of sp³-hybridized carbons (Fsp3) is 0.357. The van der Waals surface area contributed by atoms with E-state index in [0.717, 1.165) is 43.5 Å². The number of thiazole rings is 1. The van der Waals surface area contributed by atoms with Crippen molar-refractivity contribution in [1.29, 1.82) is 0 Å². The average Bonchev–Trinajstić information content (AvgIpc) is 3.63. The first-order valence-electron chi connectivity index (χ1n) is 12.9. The lowest BCUT2D eigenvalue weighted by Gasteiger charge is -2.23. The van der Waals surface area contributed by atoms with Gasteiger partial charge in [-0.15, -0.1) is 11.3 Å². The molecule has 3 N–H and O–H groups in total. The molecule has 5 rings (SSSR count). The van der Waals surface area contributed by atoms with E-state index in [-0.39, 0.29) is 24.5 Å². The Kier molecular flexibility index (Phi) is 8.30. The third-order valence-corrected chi connectivity index (χ3v) is 7.60. The van der Waals surface area contributed by atoms with E-state index in [9.17, 15) is 14.4 Å². The number of amides is 3. The number of aromatic nitrogens is 1. The van der Waals surface area contributed by atoms with Gasteiger partial charge in [-0.05, 0) is 56.5 Å². The first-order chi connectivity index (χ1) is 18.6. The molecule has 0 spiro atoms. The van der Waals surface area contributed by atoms with Crippen molar-refractivity contribution in [1.82, 2.24) is 20.5 Å². The van der Waals surface area contributed by atoms with Gasteiger partial charge in [-0.1, -0.05) is 42.5 Å². The Morgan fingerprint density at radius 1 is 1.03 bits per heavy atom. The van der Waals surface area contributed by atoms with E-state index in [4.69, 9.17) is 4.74 Å². The highest BCUT2D eigenvalue weighted by molar-refractivity contribution is 7.14. The van der Waals surface area contributed by atoms with E-state index in [0.29, 0.717) is 29.4 Å². The summed E-state index contributed by atoms with van der Waals surface area (Å²) in [7, 11) is 0. The van der Waals surface area contributed by atoms with Crippen LogP contribution in [0.1, 0.15) is 41.6 Å². The molecule has 0 aliphatic carbocycles. The topological polar surface area (TPSA) is 113 Å². The number of nitrogens with one attached hydrogen (secondary N) is 3. The molecule has 1 atom stereocenters. The quantitative estimate of drug-likeness (QED) is 0.423. The Hall–Kier alpha value is -3.76. The average molecular weight is 534 g/mol. The third-order valence-electron chi connectivity index (χ3n) is 6.85. The van der Waals surface area contributed by atoms with Crippen molar-refractivity contribution in [2.45, 2.75) is 44.4 Å². The standard InChI is InChI=1S/C28H31N5O4S/c34-25(30-22-12-14-29-15-13-22)21-10-8-20(9-11-21)23-18-38-27(31-23)32-26(35)24-7-4-16-33(24)28(36)37-17-19-5-2-1-3-6-19/h1-3,5-6,8-11,18,22,24,29H,4,7,12-17H2,(H,30,34)(H,31,32,35). The van der Waals surface area contributed by atoms with E-state index >= 15 is 0 Å². The molecule has 3 aromatic rings. The maximum atomic E-state index is 13.0. The molecule has 2 aromatic carbocycles. The fourth-order valence-electron chi connectivity index (χ4n) is 4.74. The van der Waals surface area contributed by atoms with Gasteiger partial charge in [-0.2, -0.15) is 0 Å². The van der Waals surface area contributed by atoms with Crippen LogP contribution in [-0.2, 0) is 16.1 Å². The number of ether oxygens (including phenoxy) is 1. The minimum Gasteiger partial charge on any atom is -0.445 e. The zero-order chi connectivity index (χ0) is 26.3. The summed E-state index contributed by atoms with van der Waals surface area (Å²) in [4.78, 5) is 44.2.